The van der Waals surface area contributed by atoms with Crippen LogP contribution in [-0.4, -0.2) is 37.9 Å². The summed E-state index contributed by atoms with van der Waals surface area (Å²) in [4.78, 5) is 24.2. The van der Waals surface area contributed by atoms with E-state index in [1.807, 2.05) is 32.3 Å². The van der Waals surface area contributed by atoms with Gasteiger partial charge in [0, 0.05) is 23.0 Å². The van der Waals surface area contributed by atoms with Crippen molar-refractivity contribution in [3.63, 3.8) is 0 Å². The lowest BCUT2D eigenvalue weighted by Crippen LogP contribution is -2.31. The zero-order chi connectivity index (χ0) is 20.2. The number of nitrogens with zero attached hydrogens (tertiary/aromatic N) is 1. The summed E-state index contributed by atoms with van der Waals surface area (Å²) >= 11 is 0. The summed E-state index contributed by atoms with van der Waals surface area (Å²) in [5.74, 6) is -1.14. The Balaban J connectivity index is 1.92. The van der Waals surface area contributed by atoms with Gasteiger partial charge in [0.05, 0.1) is 4.90 Å². The average Bonchev–Trinajstić information content (AvgIpc) is 2.93. The molecule has 27 heavy (non-hydrogen) atoms. The Morgan fingerprint density at radius 2 is 1.78 bits per heavy atom. The predicted molar refractivity (Wildman–Crippen MR) is 101 cm³/mol. The minimum Gasteiger partial charge on any atom is -0.456 e. The molecule has 0 radical (unpaired) electrons. The number of carbonyl (C=O) groups excluding carboxylic acids is 2. The highest BCUT2D eigenvalue weighted by Crippen LogP contribution is 2.20. The van der Waals surface area contributed by atoms with Crippen molar-refractivity contribution in [1.29, 1.82) is 0 Å². The van der Waals surface area contributed by atoms with Crippen molar-refractivity contribution in [2.24, 2.45) is 0 Å². The minimum atomic E-state index is -3.80. The highest BCUT2D eigenvalue weighted by molar-refractivity contribution is 7.89. The molecule has 7 nitrogen and oxygen atoms in total. The van der Waals surface area contributed by atoms with Crippen LogP contribution in [0, 0.1) is 13.8 Å². The van der Waals surface area contributed by atoms with Crippen molar-refractivity contribution in [1.82, 2.24) is 9.29 Å². The summed E-state index contributed by atoms with van der Waals surface area (Å²) in [6.45, 7) is 6.81. The van der Waals surface area contributed by atoms with Crippen molar-refractivity contribution in [3.8, 4) is 0 Å². The quantitative estimate of drug-likeness (QED) is 0.550. The molecule has 0 aliphatic carbocycles. The van der Waals surface area contributed by atoms with Crippen LogP contribution in [0.15, 0.2) is 41.3 Å². The largest absolute Gasteiger partial charge is 0.456 e. The van der Waals surface area contributed by atoms with Gasteiger partial charge < -0.3 is 9.30 Å². The number of carbonyl (C=O) groups is 2. The topological polar surface area (TPSA) is 94.5 Å². The first-order valence-corrected chi connectivity index (χ1v) is 10.0. The molecule has 1 heterocycles. The highest BCUT2D eigenvalue weighted by Gasteiger charge is 2.20. The maximum Gasteiger partial charge on any atom is 0.321 e. The summed E-state index contributed by atoms with van der Waals surface area (Å²) in [6, 6.07) is 9.67. The molecule has 0 saturated heterocycles. The first-order valence-electron chi connectivity index (χ1n) is 8.55. The van der Waals surface area contributed by atoms with E-state index in [0.29, 0.717) is 5.56 Å². The van der Waals surface area contributed by atoms with Crippen molar-refractivity contribution in [3.05, 3.63) is 53.3 Å². The Bertz CT molecular complexity index is 931. The Labute approximate surface area is 159 Å². The fourth-order valence-corrected chi connectivity index (χ4v) is 3.96. The number of hydrogen-bond donors (Lipinski definition) is 1. The molecule has 0 spiro atoms. The van der Waals surface area contributed by atoms with Crippen molar-refractivity contribution >= 4 is 21.8 Å². The SMILES string of the molecule is Cc1cc(C(=O)COC(=O)CNS(=O)(=O)c2ccccc2)c(C)n1C(C)C. The van der Waals surface area contributed by atoms with Gasteiger partial charge in [0.1, 0.15) is 6.54 Å². The molecular weight excluding hydrogens is 368 g/mol. The number of aromatic nitrogens is 1. The molecular formula is C19H24N2O5S. The lowest BCUT2D eigenvalue weighted by atomic mass is 10.1. The third kappa shape index (κ3) is 5.05. The van der Waals surface area contributed by atoms with Gasteiger partial charge in [-0.2, -0.15) is 4.72 Å². The van der Waals surface area contributed by atoms with E-state index in [1.54, 1.807) is 24.3 Å². The highest BCUT2D eigenvalue weighted by atomic mass is 32.2. The van der Waals surface area contributed by atoms with Crippen LogP contribution in [0.25, 0.3) is 0 Å². The smallest absolute Gasteiger partial charge is 0.321 e. The van der Waals surface area contributed by atoms with Crippen LogP contribution in [0.3, 0.4) is 0 Å². The number of benzene rings is 1. The van der Waals surface area contributed by atoms with E-state index >= 15 is 0 Å². The molecule has 8 heteroatoms. The molecule has 1 N–H and O–H groups in total. The van der Waals surface area contributed by atoms with Crippen molar-refractivity contribution in [2.45, 2.75) is 38.6 Å². The first-order chi connectivity index (χ1) is 12.6. The van der Waals surface area contributed by atoms with Crippen LogP contribution in [0.2, 0.25) is 0 Å². The van der Waals surface area contributed by atoms with Gasteiger partial charge in [-0.25, -0.2) is 8.42 Å². The molecule has 0 aliphatic heterocycles. The number of ketones is 1. The standard InChI is InChI=1S/C19H24N2O5S/c1-13(2)21-14(3)10-17(15(21)4)18(22)12-26-19(23)11-20-27(24,25)16-8-6-5-7-9-16/h5-10,13,20H,11-12H2,1-4H3. The number of nitrogens with one attached hydrogen (secondary N) is 1. The number of aryl methyl sites for hydroxylation is 1. The zero-order valence-corrected chi connectivity index (χ0v) is 16.7. The Morgan fingerprint density at radius 3 is 2.33 bits per heavy atom. The molecule has 0 saturated carbocycles. The third-order valence-electron chi connectivity index (χ3n) is 4.13. The van der Waals surface area contributed by atoms with Gasteiger partial charge in [-0.05, 0) is 45.9 Å². The maximum atomic E-state index is 12.4. The van der Waals surface area contributed by atoms with Gasteiger partial charge in [0.2, 0.25) is 15.8 Å². The fourth-order valence-electron chi connectivity index (χ4n) is 2.97. The summed E-state index contributed by atoms with van der Waals surface area (Å²) in [7, 11) is -3.80. The van der Waals surface area contributed by atoms with Gasteiger partial charge >= 0.3 is 5.97 Å². The number of Topliss-reactive ketones (excluding diaryl/α,β-unsaturated/α-hetero) is 1. The van der Waals surface area contributed by atoms with E-state index < -0.39 is 29.1 Å². The van der Waals surface area contributed by atoms with Crippen LogP contribution in [-0.2, 0) is 19.6 Å². The van der Waals surface area contributed by atoms with Crippen LogP contribution in [0.4, 0.5) is 0 Å². The number of sulfonamides is 1. The molecule has 0 aliphatic rings. The van der Waals surface area contributed by atoms with Crippen LogP contribution < -0.4 is 4.72 Å². The second-order valence-corrected chi connectivity index (χ2v) is 8.24. The molecule has 0 fully saturated rings. The molecule has 1 aromatic heterocycles. The Morgan fingerprint density at radius 1 is 1.15 bits per heavy atom. The molecule has 0 amide bonds. The van der Waals surface area contributed by atoms with Gasteiger partial charge in [-0.15, -0.1) is 0 Å². The lowest BCUT2D eigenvalue weighted by Gasteiger charge is -2.13. The summed E-state index contributed by atoms with van der Waals surface area (Å²) in [6.07, 6.45) is 0. The summed E-state index contributed by atoms with van der Waals surface area (Å²) in [5.41, 5.74) is 2.26. The normalized spacial score (nSPS) is 11.6. The van der Waals surface area contributed by atoms with E-state index in [0.717, 1.165) is 11.4 Å². The molecule has 2 aromatic rings. The van der Waals surface area contributed by atoms with Crippen LogP contribution in [0.5, 0.6) is 0 Å². The van der Waals surface area contributed by atoms with E-state index in [-0.39, 0.29) is 16.7 Å². The predicted octanol–water partition coefficient (Wildman–Crippen LogP) is 2.39. The summed E-state index contributed by atoms with van der Waals surface area (Å²) < 4.78 is 33.2. The van der Waals surface area contributed by atoms with Crippen molar-refractivity contribution in [2.75, 3.05) is 13.2 Å². The number of ether oxygens (including phenoxy) is 1. The van der Waals surface area contributed by atoms with Gasteiger partial charge in [-0.3, -0.25) is 9.59 Å². The molecule has 0 bridgehead atoms. The minimum absolute atomic E-state index is 0.0509. The number of rotatable bonds is 8. The number of esters is 1. The molecule has 146 valence electrons. The summed E-state index contributed by atoms with van der Waals surface area (Å²) in [5, 5.41) is 0. The van der Waals surface area contributed by atoms with Gasteiger partial charge in [0.15, 0.2) is 6.61 Å². The molecule has 1 aromatic carbocycles. The van der Waals surface area contributed by atoms with E-state index in [2.05, 4.69) is 4.72 Å². The van der Waals surface area contributed by atoms with Crippen molar-refractivity contribution < 1.29 is 22.7 Å². The van der Waals surface area contributed by atoms with E-state index in [1.165, 1.54) is 12.1 Å². The van der Waals surface area contributed by atoms with Gasteiger partial charge in [-0.1, -0.05) is 18.2 Å². The fraction of sp³-hybridized carbons (Fsp3) is 0.368. The van der Waals surface area contributed by atoms with Gasteiger partial charge in [0.25, 0.3) is 0 Å². The van der Waals surface area contributed by atoms with E-state index in [9.17, 15) is 18.0 Å². The maximum absolute atomic E-state index is 12.4. The molecule has 0 unspecified atom stereocenters. The zero-order valence-electron chi connectivity index (χ0n) is 15.9. The Hall–Kier alpha value is -2.45. The number of hydrogen-bond acceptors (Lipinski definition) is 5. The second kappa shape index (κ2) is 8.49. The molecule has 0 atom stereocenters. The average molecular weight is 392 g/mol. The second-order valence-electron chi connectivity index (χ2n) is 6.47. The lowest BCUT2D eigenvalue weighted by molar-refractivity contribution is -0.141. The monoisotopic (exact) mass is 392 g/mol. The van der Waals surface area contributed by atoms with Crippen LogP contribution in [0.1, 0.15) is 41.6 Å². The first kappa shape index (κ1) is 20.9. The Kier molecular flexibility index (Phi) is 6.56. The van der Waals surface area contributed by atoms with Crippen LogP contribution >= 0.6 is 0 Å². The third-order valence-corrected chi connectivity index (χ3v) is 5.54. The van der Waals surface area contributed by atoms with E-state index in [4.69, 9.17) is 4.74 Å². The molecule has 2 rings (SSSR count).